The van der Waals surface area contributed by atoms with Gasteiger partial charge >= 0.3 is 0 Å². The third kappa shape index (κ3) is 4.12. The highest BCUT2D eigenvalue weighted by Gasteiger charge is 2.28. The fraction of sp³-hybridized carbons (Fsp3) is 0.800. The van der Waals surface area contributed by atoms with Gasteiger partial charge in [0.15, 0.2) is 0 Å². The summed E-state index contributed by atoms with van der Waals surface area (Å²) in [5.74, 6) is 0.566. The zero-order chi connectivity index (χ0) is 9.68. The predicted octanol–water partition coefficient (Wildman–Crippen LogP) is 1.89. The molecular weight excluding hydrogens is 186 g/mol. The standard InChI is InChI=1S/C10H18ClNO/c1-9(7-11)8-12(5-6-13-2)10-3-4-10/h10H,1,3-8H2,2H3. The summed E-state index contributed by atoms with van der Waals surface area (Å²) in [6.45, 7) is 6.64. The SMILES string of the molecule is C=C(CCl)CN(CCOC)C1CC1. The van der Waals surface area contributed by atoms with Gasteiger partial charge in [0.1, 0.15) is 0 Å². The Labute approximate surface area is 85.5 Å². The molecule has 0 saturated heterocycles. The summed E-state index contributed by atoms with van der Waals surface area (Å²) >= 11 is 5.70. The molecule has 0 aromatic rings. The summed E-state index contributed by atoms with van der Waals surface area (Å²) < 4.78 is 5.06. The second kappa shape index (κ2) is 5.63. The molecular formula is C10H18ClNO. The van der Waals surface area contributed by atoms with Crippen molar-refractivity contribution >= 4 is 11.6 Å². The minimum atomic E-state index is 0.566. The first-order chi connectivity index (χ1) is 6.27. The Morgan fingerprint density at radius 1 is 1.62 bits per heavy atom. The lowest BCUT2D eigenvalue weighted by atomic mass is 10.3. The molecule has 1 aliphatic rings. The van der Waals surface area contributed by atoms with E-state index in [0.29, 0.717) is 5.88 Å². The van der Waals surface area contributed by atoms with Gasteiger partial charge in [-0.05, 0) is 18.4 Å². The Hall–Kier alpha value is -0.0500. The number of halogens is 1. The van der Waals surface area contributed by atoms with Gasteiger partial charge < -0.3 is 4.74 Å². The van der Waals surface area contributed by atoms with Crippen LogP contribution in [0.5, 0.6) is 0 Å². The van der Waals surface area contributed by atoms with E-state index in [9.17, 15) is 0 Å². The highest BCUT2D eigenvalue weighted by molar-refractivity contribution is 6.19. The summed E-state index contributed by atoms with van der Waals surface area (Å²) in [5, 5.41) is 0. The minimum absolute atomic E-state index is 0.566. The first-order valence-corrected chi connectivity index (χ1v) is 5.27. The molecule has 13 heavy (non-hydrogen) atoms. The average molecular weight is 204 g/mol. The van der Waals surface area contributed by atoms with Crippen LogP contribution in [0, 0.1) is 0 Å². The first-order valence-electron chi connectivity index (χ1n) is 4.73. The topological polar surface area (TPSA) is 12.5 Å². The monoisotopic (exact) mass is 203 g/mol. The van der Waals surface area contributed by atoms with Gasteiger partial charge in [0.05, 0.1) is 6.61 Å². The van der Waals surface area contributed by atoms with Crippen LogP contribution in [0.15, 0.2) is 12.2 Å². The molecule has 0 bridgehead atoms. The molecule has 0 spiro atoms. The van der Waals surface area contributed by atoms with Crippen molar-refractivity contribution in [1.82, 2.24) is 4.90 Å². The van der Waals surface area contributed by atoms with Crippen LogP contribution in [0.25, 0.3) is 0 Å². The fourth-order valence-corrected chi connectivity index (χ4v) is 1.45. The summed E-state index contributed by atoms with van der Waals surface area (Å²) in [6.07, 6.45) is 2.64. The maximum atomic E-state index is 5.70. The highest BCUT2D eigenvalue weighted by Crippen LogP contribution is 2.27. The summed E-state index contributed by atoms with van der Waals surface area (Å²) in [6, 6.07) is 0.759. The van der Waals surface area contributed by atoms with Crippen LogP contribution in [-0.4, -0.2) is 43.6 Å². The van der Waals surface area contributed by atoms with E-state index in [1.165, 1.54) is 12.8 Å². The second-order valence-electron chi connectivity index (χ2n) is 3.58. The molecule has 0 unspecified atom stereocenters. The van der Waals surface area contributed by atoms with Gasteiger partial charge in [0, 0.05) is 32.1 Å². The Balaban J connectivity index is 2.24. The molecule has 0 heterocycles. The van der Waals surface area contributed by atoms with Crippen LogP contribution in [0.4, 0.5) is 0 Å². The lowest BCUT2D eigenvalue weighted by Crippen LogP contribution is -2.31. The Kier molecular flexibility index (Phi) is 4.78. The van der Waals surface area contributed by atoms with Crippen LogP contribution >= 0.6 is 11.6 Å². The maximum absolute atomic E-state index is 5.70. The molecule has 0 atom stereocenters. The number of methoxy groups -OCH3 is 1. The van der Waals surface area contributed by atoms with Crippen molar-refractivity contribution in [3.05, 3.63) is 12.2 Å². The Morgan fingerprint density at radius 3 is 2.77 bits per heavy atom. The van der Waals surface area contributed by atoms with Crippen LogP contribution in [0.2, 0.25) is 0 Å². The zero-order valence-electron chi connectivity index (χ0n) is 8.26. The van der Waals surface area contributed by atoms with E-state index in [1.54, 1.807) is 7.11 Å². The Morgan fingerprint density at radius 2 is 2.31 bits per heavy atom. The van der Waals surface area contributed by atoms with E-state index in [-0.39, 0.29) is 0 Å². The molecule has 0 aromatic carbocycles. The molecule has 3 heteroatoms. The van der Waals surface area contributed by atoms with E-state index in [4.69, 9.17) is 16.3 Å². The number of hydrogen-bond donors (Lipinski definition) is 0. The molecule has 76 valence electrons. The van der Waals surface area contributed by atoms with Gasteiger partial charge in [-0.15, -0.1) is 11.6 Å². The van der Waals surface area contributed by atoms with Crippen LogP contribution in [-0.2, 0) is 4.74 Å². The van der Waals surface area contributed by atoms with Gasteiger partial charge in [-0.3, -0.25) is 4.90 Å². The van der Waals surface area contributed by atoms with Crippen molar-refractivity contribution in [2.24, 2.45) is 0 Å². The van der Waals surface area contributed by atoms with Crippen LogP contribution in [0.3, 0.4) is 0 Å². The summed E-state index contributed by atoms with van der Waals surface area (Å²) in [5.41, 5.74) is 1.10. The molecule has 2 nitrogen and oxygen atoms in total. The van der Waals surface area contributed by atoms with E-state index in [1.807, 2.05) is 0 Å². The van der Waals surface area contributed by atoms with E-state index >= 15 is 0 Å². The molecule has 0 radical (unpaired) electrons. The number of ether oxygens (including phenoxy) is 1. The van der Waals surface area contributed by atoms with Crippen molar-refractivity contribution in [2.75, 3.05) is 32.7 Å². The lowest BCUT2D eigenvalue weighted by Gasteiger charge is -2.21. The van der Waals surface area contributed by atoms with Crippen molar-refractivity contribution in [3.63, 3.8) is 0 Å². The molecule has 0 aromatic heterocycles. The molecule has 1 aliphatic carbocycles. The fourth-order valence-electron chi connectivity index (χ4n) is 1.37. The number of nitrogens with zero attached hydrogens (tertiary/aromatic N) is 1. The predicted molar refractivity (Wildman–Crippen MR) is 56.3 cm³/mol. The molecule has 1 saturated carbocycles. The van der Waals surface area contributed by atoms with Crippen molar-refractivity contribution in [2.45, 2.75) is 18.9 Å². The third-order valence-electron chi connectivity index (χ3n) is 2.26. The average Bonchev–Trinajstić information content (AvgIpc) is 2.94. The molecule has 0 amide bonds. The molecule has 1 rings (SSSR count). The summed E-state index contributed by atoms with van der Waals surface area (Å²) in [4.78, 5) is 2.41. The van der Waals surface area contributed by atoms with E-state index < -0.39 is 0 Å². The minimum Gasteiger partial charge on any atom is -0.383 e. The van der Waals surface area contributed by atoms with Gasteiger partial charge in [0.25, 0.3) is 0 Å². The molecule has 0 aliphatic heterocycles. The number of hydrogen-bond acceptors (Lipinski definition) is 2. The van der Waals surface area contributed by atoms with E-state index in [2.05, 4.69) is 11.5 Å². The first kappa shape index (κ1) is 11.0. The largest absolute Gasteiger partial charge is 0.383 e. The number of rotatable bonds is 7. The zero-order valence-corrected chi connectivity index (χ0v) is 9.02. The van der Waals surface area contributed by atoms with Gasteiger partial charge in [-0.1, -0.05) is 6.58 Å². The third-order valence-corrected chi connectivity index (χ3v) is 2.64. The normalized spacial score (nSPS) is 16.5. The number of alkyl halides is 1. The van der Waals surface area contributed by atoms with Crippen LogP contribution < -0.4 is 0 Å². The lowest BCUT2D eigenvalue weighted by molar-refractivity contribution is 0.149. The van der Waals surface area contributed by atoms with Crippen molar-refractivity contribution in [1.29, 1.82) is 0 Å². The second-order valence-corrected chi connectivity index (χ2v) is 3.85. The van der Waals surface area contributed by atoms with Crippen LogP contribution in [0.1, 0.15) is 12.8 Å². The molecule has 1 fully saturated rings. The van der Waals surface area contributed by atoms with Crippen molar-refractivity contribution < 1.29 is 4.74 Å². The Bertz CT molecular complexity index is 168. The smallest absolute Gasteiger partial charge is 0.0589 e. The molecule has 0 N–H and O–H groups in total. The maximum Gasteiger partial charge on any atom is 0.0589 e. The quantitative estimate of drug-likeness (QED) is 0.463. The van der Waals surface area contributed by atoms with Gasteiger partial charge in [-0.25, -0.2) is 0 Å². The van der Waals surface area contributed by atoms with E-state index in [0.717, 1.165) is 31.3 Å². The highest BCUT2D eigenvalue weighted by atomic mass is 35.5. The summed E-state index contributed by atoms with van der Waals surface area (Å²) in [7, 11) is 1.74. The van der Waals surface area contributed by atoms with Crippen molar-refractivity contribution in [3.8, 4) is 0 Å². The van der Waals surface area contributed by atoms with Gasteiger partial charge in [-0.2, -0.15) is 0 Å². The van der Waals surface area contributed by atoms with Gasteiger partial charge in [0.2, 0.25) is 0 Å².